The summed E-state index contributed by atoms with van der Waals surface area (Å²) in [6, 6.07) is 25.7. The van der Waals surface area contributed by atoms with Crippen molar-refractivity contribution in [3.8, 4) is 28.7 Å². The van der Waals surface area contributed by atoms with Crippen molar-refractivity contribution in [2.24, 2.45) is 0 Å². The maximum Gasteiger partial charge on any atom is 0.306 e. The molecule has 3 N–H and O–H groups in total. The summed E-state index contributed by atoms with van der Waals surface area (Å²) in [4.78, 5) is 14.9. The molecule has 0 saturated heterocycles. The minimum Gasteiger partial charge on any atom is -0.489 e. The molecule has 0 saturated carbocycles. The van der Waals surface area contributed by atoms with Crippen LogP contribution in [0.25, 0.3) is 11.1 Å². The number of ether oxygens (including phenoxy) is 2. The van der Waals surface area contributed by atoms with Gasteiger partial charge in [-0.05, 0) is 41.3 Å². The van der Waals surface area contributed by atoms with Crippen LogP contribution in [0.3, 0.4) is 0 Å². The monoisotopic (exact) mass is 537 g/mol. The normalized spacial score (nSPS) is 11.4. The van der Waals surface area contributed by atoms with E-state index in [2.05, 4.69) is 47.6 Å². The number of nitrogens with zero attached hydrogens (tertiary/aromatic N) is 2. The predicted molar refractivity (Wildman–Crippen MR) is 151 cm³/mol. The number of aliphatic hydroxyl groups is 1. The first-order valence-electron chi connectivity index (χ1n) is 12.9. The lowest BCUT2D eigenvalue weighted by molar-refractivity contribution is -0.139. The SMILES string of the molecule is Cc1c(COc2ccc(CNCC(O)CC(=O)O)c(OCc3cncc(C#N)c3)c2)cccc1-c1ccccc1. The first kappa shape index (κ1) is 28.3. The molecule has 8 nitrogen and oxygen atoms in total. The lowest BCUT2D eigenvalue weighted by Gasteiger charge is -2.17. The van der Waals surface area contributed by atoms with Crippen molar-refractivity contribution in [1.82, 2.24) is 10.3 Å². The quantitative estimate of drug-likeness (QED) is 0.217. The number of carboxylic acids is 1. The van der Waals surface area contributed by atoms with Crippen molar-refractivity contribution in [3.05, 3.63) is 113 Å². The summed E-state index contributed by atoms with van der Waals surface area (Å²) in [7, 11) is 0. The predicted octanol–water partition coefficient (Wildman–Crippen LogP) is 5.01. The molecule has 1 aromatic heterocycles. The molecule has 0 bridgehead atoms. The summed E-state index contributed by atoms with van der Waals surface area (Å²) in [5.41, 5.74) is 6.53. The van der Waals surface area contributed by atoms with Gasteiger partial charge in [0.25, 0.3) is 0 Å². The number of benzene rings is 3. The van der Waals surface area contributed by atoms with Crippen molar-refractivity contribution in [1.29, 1.82) is 5.26 Å². The molecule has 1 heterocycles. The third-order valence-electron chi connectivity index (χ3n) is 6.39. The molecule has 204 valence electrons. The Labute approximate surface area is 233 Å². The fourth-order valence-electron chi connectivity index (χ4n) is 4.27. The number of hydrogen-bond donors (Lipinski definition) is 3. The second-order valence-corrected chi connectivity index (χ2v) is 9.38. The average molecular weight is 538 g/mol. The molecule has 0 aliphatic heterocycles. The average Bonchev–Trinajstić information content (AvgIpc) is 2.96. The molecular formula is C32H31N3O5. The molecule has 1 unspecified atom stereocenters. The summed E-state index contributed by atoms with van der Waals surface area (Å²) >= 11 is 0. The minimum absolute atomic E-state index is 0.120. The minimum atomic E-state index is -1.06. The highest BCUT2D eigenvalue weighted by molar-refractivity contribution is 5.68. The van der Waals surface area contributed by atoms with E-state index in [1.165, 1.54) is 6.20 Å². The van der Waals surface area contributed by atoms with Gasteiger partial charge in [0.15, 0.2) is 0 Å². The molecular weight excluding hydrogens is 506 g/mol. The third-order valence-corrected chi connectivity index (χ3v) is 6.39. The first-order chi connectivity index (χ1) is 19.4. The fourth-order valence-corrected chi connectivity index (χ4v) is 4.27. The molecule has 0 amide bonds. The Morgan fingerprint density at radius 1 is 1.00 bits per heavy atom. The summed E-state index contributed by atoms with van der Waals surface area (Å²) in [6.07, 6.45) is 1.80. The van der Waals surface area contributed by atoms with Crippen molar-refractivity contribution in [2.45, 2.75) is 39.2 Å². The molecule has 0 aliphatic rings. The van der Waals surface area contributed by atoms with Crippen LogP contribution in [0, 0.1) is 18.3 Å². The van der Waals surface area contributed by atoms with Crippen LogP contribution in [-0.4, -0.2) is 33.8 Å². The van der Waals surface area contributed by atoms with Gasteiger partial charge in [0.05, 0.1) is 18.1 Å². The topological polar surface area (TPSA) is 125 Å². The molecule has 4 rings (SSSR count). The van der Waals surface area contributed by atoms with Crippen LogP contribution in [0.5, 0.6) is 11.5 Å². The van der Waals surface area contributed by atoms with Crippen LogP contribution >= 0.6 is 0 Å². The number of rotatable bonds is 13. The van der Waals surface area contributed by atoms with Gasteiger partial charge in [-0.15, -0.1) is 0 Å². The zero-order chi connectivity index (χ0) is 28.3. The second kappa shape index (κ2) is 13.9. The van der Waals surface area contributed by atoms with Crippen LogP contribution in [0.1, 0.15) is 34.2 Å². The number of hydrogen-bond acceptors (Lipinski definition) is 7. The van der Waals surface area contributed by atoms with E-state index in [0.29, 0.717) is 30.2 Å². The van der Waals surface area contributed by atoms with Gasteiger partial charge in [0.1, 0.15) is 30.8 Å². The molecule has 1 atom stereocenters. The maximum absolute atomic E-state index is 10.8. The summed E-state index contributed by atoms with van der Waals surface area (Å²) in [5.74, 6) is 0.130. The highest BCUT2D eigenvalue weighted by Crippen LogP contribution is 2.29. The molecule has 0 aliphatic carbocycles. The molecule has 0 spiro atoms. The van der Waals surface area contributed by atoms with Crippen molar-refractivity contribution in [2.75, 3.05) is 6.54 Å². The number of carboxylic acid groups (broad SMARTS) is 1. The zero-order valence-corrected chi connectivity index (χ0v) is 22.2. The molecule has 8 heteroatoms. The summed E-state index contributed by atoms with van der Waals surface area (Å²) < 4.78 is 12.3. The van der Waals surface area contributed by atoms with Gasteiger partial charge >= 0.3 is 5.97 Å². The molecule has 0 fully saturated rings. The molecule has 40 heavy (non-hydrogen) atoms. The van der Waals surface area contributed by atoms with Gasteiger partial charge in [0, 0.05) is 42.7 Å². The highest BCUT2D eigenvalue weighted by Gasteiger charge is 2.12. The lowest BCUT2D eigenvalue weighted by atomic mass is 9.97. The van der Waals surface area contributed by atoms with E-state index in [9.17, 15) is 9.90 Å². The van der Waals surface area contributed by atoms with E-state index in [4.69, 9.17) is 19.8 Å². The van der Waals surface area contributed by atoms with E-state index < -0.39 is 12.1 Å². The van der Waals surface area contributed by atoms with E-state index >= 15 is 0 Å². The molecule has 3 aromatic carbocycles. The van der Waals surface area contributed by atoms with Crippen LogP contribution in [0.15, 0.2) is 85.2 Å². The Balaban J connectivity index is 1.49. The van der Waals surface area contributed by atoms with Gasteiger partial charge in [0.2, 0.25) is 0 Å². The van der Waals surface area contributed by atoms with Crippen LogP contribution in [0.4, 0.5) is 0 Å². The smallest absolute Gasteiger partial charge is 0.306 e. The van der Waals surface area contributed by atoms with Gasteiger partial charge in [-0.1, -0.05) is 54.6 Å². The van der Waals surface area contributed by atoms with Gasteiger partial charge in [-0.2, -0.15) is 5.26 Å². The fraction of sp³-hybridized carbons (Fsp3) is 0.219. The van der Waals surface area contributed by atoms with E-state index in [0.717, 1.165) is 33.4 Å². The Kier molecular flexibility index (Phi) is 9.83. The summed E-state index contributed by atoms with van der Waals surface area (Å²) in [6.45, 7) is 3.13. The van der Waals surface area contributed by atoms with Gasteiger partial charge < -0.3 is 25.0 Å². The molecule has 0 radical (unpaired) electrons. The number of aromatic nitrogens is 1. The van der Waals surface area contributed by atoms with Crippen LogP contribution in [0.2, 0.25) is 0 Å². The number of nitrogens with one attached hydrogen (secondary N) is 1. The van der Waals surface area contributed by atoms with E-state index in [1.54, 1.807) is 12.3 Å². The highest BCUT2D eigenvalue weighted by atomic mass is 16.5. The number of carbonyl (C=O) groups is 1. The van der Waals surface area contributed by atoms with E-state index in [1.807, 2.05) is 42.5 Å². The second-order valence-electron chi connectivity index (χ2n) is 9.38. The van der Waals surface area contributed by atoms with Crippen LogP contribution in [-0.2, 0) is 24.6 Å². The van der Waals surface area contributed by atoms with Crippen molar-refractivity contribution >= 4 is 5.97 Å². The van der Waals surface area contributed by atoms with Gasteiger partial charge in [-0.3, -0.25) is 9.78 Å². The number of aliphatic hydroxyl groups excluding tert-OH is 1. The number of pyridine rings is 1. The van der Waals surface area contributed by atoms with Crippen molar-refractivity contribution < 1.29 is 24.5 Å². The third kappa shape index (κ3) is 7.90. The van der Waals surface area contributed by atoms with Crippen LogP contribution < -0.4 is 14.8 Å². The van der Waals surface area contributed by atoms with E-state index in [-0.39, 0.29) is 19.6 Å². The van der Waals surface area contributed by atoms with Crippen molar-refractivity contribution in [3.63, 3.8) is 0 Å². The first-order valence-corrected chi connectivity index (χ1v) is 12.9. The Morgan fingerprint density at radius 2 is 1.82 bits per heavy atom. The molecule has 4 aromatic rings. The number of nitriles is 1. The number of aliphatic carboxylic acids is 1. The Hall–Kier alpha value is -4.71. The zero-order valence-electron chi connectivity index (χ0n) is 22.2. The standard InChI is InChI=1S/C32H31N3O5/c1-22-27(8-5-9-30(22)25-6-3-2-4-7-25)21-39-29-11-10-26(18-35-19-28(36)13-32(37)38)31(14-29)40-20-24-12-23(15-33)16-34-17-24/h2-12,14,16-17,28,35-36H,13,18-21H2,1H3,(H,37,38). The largest absolute Gasteiger partial charge is 0.489 e. The Morgan fingerprint density at radius 3 is 2.60 bits per heavy atom. The van der Waals surface area contributed by atoms with Gasteiger partial charge in [-0.25, -0.2) is 0 Å². The lowest BCUT2D eigenvalue weighted by Crippen LogP contribution is -2.28. The maximum atomic E-state index is 10.8. The Bertz CT molecular complexity index is 1480. The summed E-state index contributed by atoms with van der Waals surface area (Å²) in [5, 5.41) is 31.0.